The second-order valence-electron chi connectivity index (χ2n) is 22.3. The van der Waals surface area contributed by atoms with Gasteiger partial charge in [-0.15, -0.1) is 35.7 Å². The number of rotatable bonds is 6. The maximum Gasteiger partial charge on any atom is 0.135 e. The van der Waals surface area contributed by atoms with Gasteiger partial charge in [-0.3, -0.25) is 0 Å². The third kappa shape index (κ3) is 8.70. The van der Waals surface area contributed by atoms with E-state index in [1.54, 1.807) is 0 Å². The van der Waals surface area contributed by atoms with E-state index in [2.05, 4.69) is 144 Å². The maximum atomic E-state index is 8.87. The van der Waals surface area contributed by atoms with Crippen LogP contribution in [0.15, 0.2) is 200 Å². The zero-order valence-corrected chi connectivity index (χ0v) is 46.4. The van der Waals surface area contributed by atoms with Crippen molar-refractivity contribution in [3.63, 3.8) is 0 Å². The molecule has 0 amide bonds. The molecule has 13 rings (SSSR count). The normalized spacial score (nSPS) is 14.8. The topological polar surface area (TPSA) is 35.2 Å². The number of hydrogen-bond acceptors (Lipinski definition) is 3. The molecule has 0 spiro atoms. The Kier molecular flexibility index (Phi) is 10.1. The third-order valence-electron chi connectivity index (χ3n) is 15.1. The van der Waals surface area contributed by atoms with Crippen LogP contribution in [-0.4, -0.2) is 14.1 Å². The molecule has 4 heterocycles. The maximum absolute atomic E-state index is 8.87. The van der Waals surface area contributed by atoms with Crippen molar-refractivity contribution in [2.24, 2.45) is 0 Å². The molecule has 1 aliphatic heterocycles. The van der Waals surface area contributed by atoms with Crippen LogP contribution < -0.4 is 9.64 Å². The van der Waals surface area contributed by atoms with Crippen LogP contribution in [0.3, 0.4) is 0 Å². The number of benzene rings is 9. The zero-order valence-electron chi connectivity index (χ0n) is 53.1. The zero-order chi connectivity index (χ0) is 60.5. The summed E-state index contributed by atoms with van der Waals surface area (Å²) in [5, 5.41) is 7.66. The number of ether oxygens (including phenoxy) is 1. The number of hydrogen-bond donors (Lipinski definition) is 0. The van der Waals surface area contributed by atoms with Crippen molar-refractivity contribution in [2.75, 3.05) is 4.90 Å². The van der Waals surface area contributed by atoms with E-state index < -0.39 is 31.4 Å². The smallest absolute Gasteiger partial charge is 0.135 e. The van der Waals surface area contributed by atoms with Gasteiger partial charge in [-0.2, -0.15) is 12.1 Å². The summed E-state index contributed by atoms with van der Waals surface area (Å²) in [5.41, 5.74) is 5.27. The summed E-state index contributed by atoms with van der Waals surface area (Å²) in [5.74, 6) is 1.71. The molecule has 0 bridgehead atoms. The van der Waals surface area contributed by atoms with Gasteiger partial charge in [0.25, 0.3) is 0 Å². The van der Waals surface area contributed by atoms with Crippen LogP contribution in [0, 0.1) is 18.8 Å². The molecule has 12 aromatic rings. The van der Waals surface area contributed by atoms with Crippen LogP contribution in [0.25, 0.3) is 93.2 Å². The molecule has 0 N–H and O–H groups in total. The minimum Gasteiger partial charge on any atom is -0.509 e. The van der Waals surface area contributed by atoms with Gasteiger partial charge in [0, 0.05) is 62.3 Å². The van der Waals surface area contributed by atoms with Crippen molar-refractivity contribution >= 4 is 76.5 Å². The third-order valence-corrected chi connectivity index (χ3v) is 15.1. The number of fused-ring (bicyclic) bond motifs is 10. The van der Waals surface area contributed by atoms with Crippen LogP contribution in [0.4, 0.5) is 11.4 Å². The molecule has 78 heavy (non-hydrogen) atoms. The molecule has 9 aromatic carbocycles. The van der Waals surface area contributed by atoms with Crippen LogP contribution in [-0.2, 0) is 37.3 Å². The second kappa shape index (κ2) is 19.1. The quantitative estimate of drug-likeness (QED) is 0.156. The Bertz CT molecular complexity index is 4740. The first-order chi connectivity index (χ1) is 40.8. The number of anilines is 2. The number of para-hydroxylation sites is 3. The Morgan fingerprint density at radius 1 is 0.487 bits per heavy atom. The molecule has 0 unspecified atom stereocenters. The van der Waals surface area contributed by atoms with Crippen LogP contribution in [0.2, 0.25) is 0 Å². The van der Waals surface area contributed by atoms with Crippen molar-refractivity contribution < 1.29 is 38.1 Å². The van der Waals surface area contributed by atoms with Crippen LogP contribution in [0.5, 0.6) is 11.5 Å². The largest absolute Gasteiger partial charge is 0.509 e. The molecule has 0 atom stereocenters. The van der Waals surface area contributed by atoms with E-state index >= 15 is 0 Å². The van der Waals surface area contributed by atoms with E-state index in [4.69, 9.17) is 22.1 Å². The van der Waals surface area contributed by atoms with E-state index in [1.165, 1.54) is 12.1 Å². The second-order valence-corrected chi connectivity index (χ2v) is 22.3. The summed E-state index contributed by atoms with van der Waals surface area (Å²) in [6.07, 6.45) is 1.86. The monoisotopic (exact) mass is 1200 g/mol. The van der Waals surface area contributed by atoms with Crippen molar-refractivity contribution in [3.8, 4) is 39.6 Å². The Hall–Kier alpha value is -8.11. The number of nitrogens with zero attached hydrogens (tertiary/aromatic N) is 4. The predicted molar refractivity (Wildman–Crippen MR) is 324 cm³/mol. The fraction of sp³-hybridized carbons (Fsp3) is 0.167. The van der Waals surface area contributed by atoms with Gasteiger partial charge in [0.1, 0.15) is 5.82 Å². The van der Waals surface area contributed by atoms with Gasteiger partial charge in [0.05, 0.1) is 0 Å². The molecule has 0 saturated carbocycles. The molecule has 3 aromatic heterocycles. The Labute approximate surface area is 485 Å². The van der Waals surface area contributed by atoms with Gasteiger partial charge >= 0.3 is 0 Å². The van der Waals surface area contributed by atoms with Crippen molar-refractivity contribution in [1.29, 1.82) is 0 Å². The number of pyridine rings is 1. The molecule has 6 heteroatoms. The molecule has 0 fully saturated rings. The standard InChI is InChI=1S/C72H61N4O.Pt/c1-70(2,3)48-37-38-73-66(42-48)76-63-33-16-15-26-57(63)58-36-35-53(44-65(58)76)77-52-24-17-23-51(43-52)74-45-75-68-55(47-39-49(71(4,5)6)41-50(40-47)72(7,8)9)29-19-31-61(68)56-25-13-14-27-59(56)67-54(46-21-11-10-12-22-46)28-18-30-60(67)62-32-20-34-64(74)69(62)75;/h10-42,45H,1-9H3;/q-3;/i4D3,5D3,6D3;. The van der Waals surface area contributed by atoms with E-state index in [1.807, 2.05) is 119 Å². The van der Waals surface area contributed by atoms with E-state index in [-0.39, 0.29) is 32.0 Å². The average Bonchev–Trinajstić information content (AvgIpc) is 1.16. The fourth-order valence-electron chi connectivity index (χ4n) is 11.3. The minimum absolute atomic E-state index is 0. The minimum atomic E-state index is -3.49. The van der Waals surface area contributed by atoms with Crippen molar-refractivity contribution in [2.45, 2.75) is 78.3 Å². The van der Waals surface area contributed by atoms with Gasteiger partial charge in [-0.25, -0.2) is 4.98 Å². The summed E-state index contributed by atoms with van der Waals surface area (Å²) in [6, 6.07) is 71.7. The molecule has 388 valence electrons. The summed E-state index contributed by atoms with van der Waals surface area (Å²) in [7, 11) is 0. The predicted octanol–water partition coefficient (Wildman–Crippen LogP) is 19.5. The summed E-state index contributed by atoms with van der Waals surface area (Å²) in [4.78, 5) is 6.96. The first-order valence-electron chi connectivity index (χ1n) is 30.6. The Balaban J connectivity index is 0.00000739. The van der Waals surface area contributed by atoms with Crippen LogP contribution >= 0.6 is 0 Å². The molecule has 0 radical (unpaired) electrons. The average molecular weight is 1200 g/mol. The summed E-state index contributed by atoms with van der Waals surface area (Å²) >= 11 is 0. The summed E-state index contributed by atoms with van der Waals surface area (Å²) in [6.45, 7) is 3.96. The Morgan fingerprint density at radius 2 is 1.10 bits per heavy atom. The van der Waals surface area contributed by atoms with Crippen molar-refractivity contribution in [1.82, 2.24) is 14.1 Å². The molecule has 1 aliphatic rings. The van der Waals surface area contributed by atoms with Gasteiger partial charge in [-0.05, 0) is 135 Å². The van der Waals surface area contributed by atoms with Gasteiger partial charge < -0.3 is 18.8 Å². The molecular weight excluding hydrogens is 1130 g/mol. The Morgan fingerprint density at radius 3 is 1.86 bits per heavy atom. The molecule has 5 nitrogen and oxygen atoms in total. The SMILES string of the molecule is [2H]C([2H])([2H])C(c1cc(-c2cccc3c4ccccc4c4c(-c5ccccc5)cccc4c4cccc5c4n(c23)[CH-]N5c2[c-]c(Oc3[c-]c4c(cc3)c3ccccc3n4-c3cc(C(C)(C)C)ccn3)ccc2)cc(C(C)(C)C)c1)(C([2H])([2H])[2H])C([2H])([2H])[2H].[Pt]. The molecule has 0 aliphatic carbocycles. The summed E-state index contributed by atoms with van der Waals surface area (Å²) < 4.78 is 90.9. The van der Waals surface area contributed by atoms with Gasteiger partial charge in [0.15, 0.2) is 0 Å². The fourth-order valence-corrected chi connectivity index (χ4v) is 11.3. The van der Waals surface area contributed by atoms with Gasteiger partial charge in [-0.1, -0.05) is 213 Å². The van der Waals surface area contributed by atoms with E-state index in [9.17, 15) is 0 Å². The van der Waals surface area contributed by atoms with E-state index in [0.29, 0.717) is 39.4 Å². The molecule has 0 saturated heterocycles. The first kappa shape index (κ1) is 41.0. The van der Waals surface area contributed by atoms with E-state index in [0.717, 1.165) is 87.8 Å². The molecular formula is C72H61N4OPt-3. The first-order valence-corrected chi connectivity index (χ1v) is 26.1. The van der Waals surface area contributed by atoms with Crippen LogP contribution in [0.1, 0.15) is 91.1 Å². The van der Waals surface area contributed by atoms with Crippen molar-refractivity contribution in [3.05, 3.63) is 236 Å². The van der Waals surface area contributed by atoms with Gasteiger partial charge in [0.2, 0.25) is 0 Å². The number of aromatic nitrogens is 3.